The summed E-state index contributed by atoms with van der Waals surface area (Å²) in [5.74, 6) is 0.222. The number of aromatic hydroxyl groups is 2. The van der Waals surface area contributed by atoms with E-state index in [1.165, 1.54) is 0 Å². The minimum Gasteiger partial charge on any atom is -0.506 e. The van der Waals surface area contributed by atoms with E-state index in [2.05, 4.69) is 16.6 Å². The Kier molecular flexibility index (Phi) is 6.48. The lowest BCUT2D eigenvalue weighted by Crippen LogP contribution is -1.90. The third-order valence-electron chi connectivity index (χ3n) is 3.35. The number of rotatable bonds is 6. The van der Waals surface area contributed by atoms with Crippen LogP contribution in [0, 0.1) is 0 Å². The lowest BCUT2D eigenvalue weighted by atomic mass is 10.1. The molecule has 0 spiro atoms. The summed E-state index contributed by atoms with van der Waals surface area (Å²) < 4.78 is 0. The molecule has 2 rings (SSSR count). The van der Waals surface area contributed by atoms with E-state index in [0.29, 0.717) is 11.4 Å². The maximum absolute atomic E-state index is 9.81. The molecule has 0 amide bonds. The van der Waals surface area contributed by atoms with Crippen molar-refractivity contribution < 1.29 is 10.2 Å². The molecule has 0 atom stereocenters. The lowest BCUT2D eigenvalue weighted by molar-refractivity contribution is 0.476. The zero-order chi connectivity index (χ0) is 18.1. The predicted molar refractivity (Wildman–Crippen MR) is 105 cm³/mol. The Balaban J connectivity index is 2.38. The van der Waals surface area contributed by atoms with Crippen LogP contribution in [0.25, 0.3) is 0 Å². The molecule has 0 fully saturated rings. The van der Waals surface area contributed by atoms with Crippen LogP contribution in [0.5, 0.6) is 11.5 Å². The van der Waals surface area contributed by atoms with E-state index in [1.54, 1.807) is 67.0 Å². The molecule has 0 aliphatic carbocycles. The van der Waals surface area contributed by atoms with Crippen molar-refractivity contribution in [2.75, 3.05) is 0 Å². The van der Waals surface area contributed by atoms with Crippen molar-refractivity contribution in [3.05, 3.63) is 84.5 Å². The first-order chi connectivity index (χ1) is 12.2. The van der Waals surface area contributed by atoms with Crippen molar-refractivity contribution in [2.24, 2.45) is 9.98 Å². The van der Waals surface area contributed by atoms with E-state index in [1.807, 2.05) is 19.1 Å². The zero-order valence-electron chi connectivity index (χ0n) is 14.0. The highest BCUT2D eigenvalue weighted by atomic mass is 16.3. The highest BCUT2D eigenvalue weighted by Gasteiger charge is 2.00. The zero-order valence-corrected chi connectivity index (χ0v) is 14.0. The smallest absolute Gasteiger partial charge is 0.141 e. The number of hydrogen-bond acceptors (Lipinski definition) is 4. The highest BCUT2D eigenvalue weighted by molar-refractivity contribution is 5.97. The van der Waals surface area contributed by atoms with E-state index in [-0.39, 0.29) is 11.5 Å². The molecule has 0 heterocycles. The van der Waals surface area contributed by atoms with E-state index in [0.717, 1.165) is 11.1 Å². The molecule has 4 nitrogen and oxygen atoms in total. The van der Waals surface area contributed by atoms with E-state index < -0.39 is 0 Å². The highest BCUT2D eigenvalue weighted by Crippen LogP contribution is 2.26. The molecule has 0 aliphatic rings. The van der Waals surface area contributed by atoms with Crippen LogP contribution >= 0.6 is 0 Å². The van der Waals surface area contributed by atoms with Gasteiger partial charge in [0.2, 0.25) is 0 Å². The number of para-hydroxylation sites is 4. The van der Waals surface area contributed by atoms with Crippen LogP contribution in [0.2, 0.25) is 0 Å². The number of phenolic OH excluding ortho intramolecular Hbond substituents is 2. The molecule has 0 aliphatic heterocycles. The minimum atomic E-state index is 0.109. The number of phenols is 2. The third-order valence-corrected chi connectivity index (χ3v) is 3.35. The second kappa shape index (κ2) is 9.03. The second-order valence-electron chi connectivity index (χ2n) is 5.11. The Bertz CT molecular complexity index is 862. The molecule has 25 heavy (non-hydrogen) atoms. The van der Waals surface area contributed by atoms with Gasteiger partial charge in [-0.05, 0) is 31.2 Å². The molecule has 0 bridgehead atoms. The Hall–Kier alpha value is -3.40. The molecule has 0 unspecified atom stereocenters. The molecule has 126 valence electrons. The number of aliphatic imine (C=N–C) groups is 2. The summed E-state index contributed by atoms with van der Waals surface area (Å²) in [6.45, 7) is 5.71. The molecule has 0 aromatic heterocycles. The fraction of sp³-hybridized carbons (Fsp3) is 0.0476. The van der Waals surface area contributed by atoms with Crippen LogP contribution in [0.4, 0.5) is 11.4 Å². The molecular weight excluding hydrogens is 312 g/mol. The number of nitrogens with zero attached hydrogens (tertiary/aromatic N) is 2. The van der Waals surface area contributed by atoms with Gasteiger partial charge in [0.15, 0.2) is 0 Å². The van der Waals surface area contributed by atoms with E-state index in [9.17, 15) is 10.2 Å². The Morgan fingerprint density at radius 3 is 1.76 bits per heavy atom. The Labute approximate surface area is 147 Å². The summed E-state index contributed by atoms with van der Waals surface area (Å²) in [5.41, 5.74) is 2.46. The van der Waals surface area contributed by atoms with E-state index in [4.69, 9.17) is 0 Å². The van der Waals surface area contributed by atoms with Crippen molar-refractivity contribution in [1.82, 2.24) is 0 Å². The first-order valence-corrected chi connectivity index (χ1v) is 7.79. The normalized spacial score (nSPS) is 12.8. The van der Waals surface area contributed by atoms with Crippen LogP contribution in [0.1, 0.15) is 6.92 Å². The maximum Gasteiger partial charge on any atom is 0.141 e. The van der Waals surface area contributed by atoms with Gasteiger partial charge in [0, 0.05) is 23.6 Å². The van der Waals surface area contributed by atoms with Gasteiger partial charge in [-0.1, -0.05) is 49.1 Å². The summed E-state index contributed by atoms with van der Waals surface area (Å²) in [6.07, 6.45) is 8.67. The Morgan fingerprint density at radius 1 is 0.840 bits per heavy atom. The fourth-order valence-electron chi connectivity index (χ4n) is 2.06. The average molecular weight is 332 g/mol. The van der Waals surface area contributed by atoms with Crippen molar-refractivity contribution in [2.45, 2.75) is 6.92 Å². The van der Waals surface area contributed by atoms with Crippen molar-refractivity contribution in [3.8, 4) is 11.5 Å². The van der Waals surface area contributed by atoms with Gasteiger partial charge in [-0.25, -0.2) is 0 Å². The Morgan fingerprint density at radius 2 is 1.32 bits per heavy atom. The number of allylic oxidation sites excluding steroid dienone is 5. The standard InChI is InChI=1S/C21H20N2O2/c1-3-9-17(15-23-19-11-6-8-13-21(19)25)16(4-2)14-22-18-10-5-7-12-20(18)24/h3-15,24-25H,2H2,1H3/b9-3-,17-16-,22-14+,23-15+. The van der Waals surface area contributed by atoms with Crippen molar-refractivity contribution >= 4 is 23.8 Å². The first-order valence-electron chi connectivity index (χ1n) is 7.79. The second-order valence-corrected chi connectivity index (χ2v) is 5.11. The van der Waals surface area contributed by atoms with Crippen LogP contribution in [-0.4, -0.2) is 22.6 Å². The summed E-state index contributed by atoms with van der Waals surface area (Å²) in [4.78, 5) is 8.63. The average Bonchev–Trinajstić information content (AvgIpc) is 2.62. The van der Waals surface area contributed by atoms with Gasteiger partial charge in [-0.15, -0.1) is 0 Å². The molecule has 2 aromatic carbocycles. The molecule has 0 saturated heterocycles. The molecular formula is C21H20N2O2. The van der Waals surface area contributed by atoms with Crippen molar-refractivity contribution in [1.29, 1.82) is 0 Å². The molecule has 2 N–H and O–H groups in total. The van der Waals surface area contributed by atoms with Gasteiger partial charge in [-0.2, -0.15) is 0 Å². The van der Waals surface area contributed by atoms with Crippen LogP contribution < -0.4 is 0 Å². The van der Waals surface area contributed by atoms with Gasteiger partial charge >= 0.3 is 0 Å². The number of benzene rings is 2. The number of hydrogen-bond donors (Lipinski definition) is 2. The topological polar surface area (TPSA) is 65.2 Å². The lowest BCUT2D eigenvalue weighted by Gasteiger charge is -2.02. The summed E-state index contributed by atoms with van der Waals surface area (Å²) >= 11 is 0. The molecule has 0 radical (unpaired) electrons. The van der Waals surface area contributed by atoms with Gasteiger partial charge in [-0.3, -0.25) is 9.98 Å². The van der Waals surface area contributed by atoms with Gasteiger partial charge < -0.3 is 10.2 Å². The minimum absolute atomic E-state index is 0.109. The summed E-state index contributed by atoms with van der Waals surface area (Å²) in [5, 5.41) is 19.6. The quantitative estimate of drug-likeness (QED) is 0.559. The molecule has 2 aromatic rings. The van der Waals surface area contributed by atoms with Crippen LogP contribution in [0.3, 0.4) is 0 Å². The van der Waals surface area contributed by atoms with Crippen LogP contribution in [-0.2, 0) is 0 Å². The summed E-state index contributed by atoms with van der Waals surface area (Å²) in [6, 6.07) is 13.7. The third kappa shape index (κ3) is 5.04. The van der Waals surface area contributed by atoms with E-state index >= 15 is 0 Å². The summed E-state index contributed by atoms with van der Waals surface area (Å²) in [7, 11) is 0. The molecule has 4 heteroatoms. The van der Waals surface area contributed by atoms with Crippen LogP contribution in [0.15, 0.2) is 94.5 Å². The predicted octanol–water partition coefficient (Wildman–Crippen LogP) is 5.26. The van der Waals surface area contributed by atoms with Gasteiger partial charge in [0.25, 0.3) is 0 Å². The fourth-order valence-corrected chi connectivity index (χ4v) is 2.06. The van der Waals surface area contributed by atoms with Gasteiger partial charge in [0.1, 0.15) is 22.9 Å². The largest absolute Gasteiger partial charge is 0.506 e. The monoisotopic (exact) mass is 332 g/mol. The molecule has 0 saturated carbocycles. The SMILES string of the molecule is C=CC(/C=N/c1ccccc1O)=C(\C=C/C)/C=N/c1ccccc1O. The maximum atomic E-state index is 9.81. The first kappa shape index (κ1) is 17.9. The van der Waals surface area contributed by atoms with Gasteiger partial charge in [0.05, 0.1) is 0 Å². The van der Waals surface area contributed by atoms with Crippen molar-refractivity contribution in [3.63, 3.8) is 0 Å².